The van der Waals surface area contributed by atoms with E-state index >= 15 is 0 Å². The van der Waals surface area contributed by atoms with Gasteiger partial charge in [0.1, 0.15) is 27.5 Å². The molecular formula is C22H9N3OS3. The largest absolute Gasteiger partial charge is 0.289 e. The predicted molar refractivity (Wildman–Crippen MR) is 118 cm³/mol. The third-order valence-electron chi connectivity index (χ3n) is 4.56. The van der Waals surface area contributed by atoms with Crippen LogP contribution in [0.1, 0.15) is 20.8 Å². The summed E-state index contributed by atoms with van der Waals surface area (Å²) in [5.74, 6) is -0.164. The highest BCUT2D eigenvalue weighted by atomic mass is 32.1. The summed E-state index contributed by atoms with van der Waals surface area (Å²) in [7, 11) is 0. The number of fused-ring (bicyclic) bond motifs is 2. The summed E-state index contributed by atoms with van der Waals surface area (Å²) in [6, 6.07) is 17.0. The molecule has 1 aromatic carbocycles. The minimum absolute atomic E-state index is 0.0500. The van der Waals surface area contributed by atoms with Gasteiger partial charge in [0.25, 0.3) is 0 Å². The molecular weight excluding hydrogens is 418 g/mol. The van der Waals surface area contributed by atoms with E-state index < -0.39 is 0 Å². The number of nitrogens with zero attached hydrogens (tertiary/aromatic N) is 3. The lowest BCUT2D eigenvalue weighted by Crippen LogP contribution is -1.95. The number of benzene rings is 1. The van der Waals surface area contributed by atoms with Gasteiger partial charge in [-0.1, -0.05) is 30.3 Å². The van der Waals surface area contributed by atoms with Crippen molar-refractivity contribution >= 4 is 61.0 Å². The number of allylic oxidation sites excluding steroid dienone is 3. The van der Waals surface area contributed by atoms with Gasteiger partial charge >= 0.3 is 0 Å². The second-order valence-corrected chi connectivity index (χ2v) is 9.26. The zero-order valence-corrected chi connectivity index (χ0v) is 17.1. The van der Waals surface area contributed by atoms with Crippen molar-refractivity contribution in [1.29, 1.82) is 10.5 Å². The molecule has 0 atom stereocenters. The summed E-state index contributed by atoms with van der Waals surface area (Å²) >= 11 is 4.77. The quantitative estimate of drug-likeness (QED) is 0.283. The van der Waals surface area contributed by atoms with E-state index in [9.17, 15) is 15.3 Å². The molecule has 0 radical (unpaired) electrons. The molecule has 0 saturated carbocycles. The SMILES string of the molecule is N#CC(C#N)=C1/C(=C/c2cc3sc(-c4cccs4)nc3s2)C(=O)c2ccccc21. The molecule has 1 aliphatic carbocycles. The number of Topliss-reactive ketones (excluding diaryl/α,β-unsaturated/α-hetero) is 1. The number of thiophene rings is 2. The maximum absolute atomic E-state index is 13.0. The Kier molecular flexibility index (Phi) is 4.22. The molecule has 0 bridgehead atoms. The Bertz CT molecular complexity index is 1390. The van der Waals surface area contributed by atoms with Crippen molar-refractivity contribution in [2.45, 2.75) is 0 Å². The third kappa shape index (κ3) is 2.84. The zero-order valence-electron chi connectivity index (χ0n) is 14.7. The number of nitriles is 2. The van der Waals surface area contributed by atoms with Crippen molar-refractivity contribution in [3.63, 3.8) is 0 Å². The van der Waals surface area contributed by atoms with Gasteiger partial charge in [-0.15, -0.1) is 34.0 Å². The Hall–Kier alpha value is -3.36. The minimum atomic E-state index is -0.164. The number of carbonyl (C=O) groups is 1. The number of hydrogen-bond acceptors (Lipinski definition) is 7. The molecule has 1 aliphatic rings. The van der Waals surface area contributed by atoms with E-state index in [-0.39, 0.29) is 11.4 Å². The summed E-state index contributed by atoms with van der Waals surface area (Å²) in [5.41, 5.74) is 1.91. The second-order valence-electron chi connectivity index (χ2n) is 6.22. The van der Waals surface area contributed by atoms with Crippen LogP contribution in [0.3, 0.4) is 0 Å². The maximum Gasteiger partial charge on any atom is 0.194 e. The van der Waals surface area contributed by atoms with E-state index in [1.165, 1.54) is 11.3 Å². The molecule has 0 aliphatic heterocycles. The Morgan fingerprint density at radius 2 is 1.83 bits per heavy atom. The molecule has 5 rings (SSSR count). The smallest absolute Gasteiger partial charge is 0.194 e. The molecule has 0 fully saturated rings. The molecule has 0 spiro atoms. The van der Waals surface area contributed by atoms with Gasteiger partial charge < -0.3 is 0 Å². The highest BCUT2D eigenvalue weighted by molar-refractivity contribution is 7.30. The summed E-state index contributed by atoms with van der Waals surface area (Å²) in [5, 5.41) is 21.8. The monoisotopic (exact) mass is 427 g/mol. The Labute approximate surface area is 177 Å². The van der Waals surface area contributed by atoms with Crippen molar-refractivity contribution in [3.8, 4) is 22.0 Å². The first-order valence-electron chi connectivity index (χ1n) is 8.54. The number of thiazole rings is 1. The summed E-state index contributed by atoms with van der Waals surface area (Å²) in [6.07, 6.45) is 1.77. The van der Waals surface area contributed by atoms with Gasteiger partial charge in [0.05, 0.1) is 9.58 Å². The van der Waals surface area contributed by atoms with Gasteiger partial charge in [-0.2, -0.15) is 10.5 Å². The molecule has 0 N–H and O–H groups in total. The van der Waals surface area contributed by atoms with Crippen LogP contribution in [0.4, 0.5) is 0 Å². The fourth-order valence-electron chi connectivity index (χ4n) is 3.32. The predicted octanol–water partition coefficient (Wildman–Crippen LogP) is 6.17. The van der Waals surface area contributed by atoms with Gasteiger partial charge in [-0.3, -0.25) is 4.79 Å². The molecule has 4 nitrogen and oxygen atoms in total. The van der Waals surface area contributed by atoms with Crippen molar-refractivity contribution in [3.05, 3.63) is 75.0 Å². The van der Waals surface area contributed by atoms with E-state index in [0.717, 1.165) is 24.3 Å². The van der Waals surface area contributed by atoms with Crippen LogP contribution in [-0.4, -0.2) is 10.8 Å². The molecule has 0 amide bonds. The average Bonchev–Trinajstić information content (AvgIpc) is 3.49. The van der Waals surface area contributed by atoms with Crippen LogP contribution in [0.25, 0.3) is 31.1 Å². The number of rotatable bonds is 2. The summed E-state index contributed by atoms with van der Waals surface area (Å²) < 4.78 is 1.06. The molecule has 3 aromatic heterocycles. The topological polar surface area (TPSA) is 77.5 Å². The van der Waals surface area contributed by atoms with Gasteiger partial charge in [0.2, 0.25) is 0 Å². The van der Waals surface area contributed by atoms with Crippen molar-refractivity contribution in [2.75, 3.05) is 0 Å². The van der Waals surface area contributed by atoms with Gasteiger partial charge in [0.15, 0.2) is 5.78 Å². The molecule has 29 heavy (non-hydrogen) atoms. The van der Waals surface area contributed by atoms with Crippen molar-refractivity contribution in [1.82, 2.24) is 4.98 Å². The summed E-state index contributed by atoms with van der Waals surface area (Å²) in [4.78, 5) is 20.6. The Morgan fingerprint density at radius 3 is 2.52 bits per heavy atom. The van der Waals surface area contributed by atoms with Crippen molar-refractivity contribution < 1.29 is 4.79 Å². The molecule has 4 aromatic rings. The molecule has 3 heterocycles. The van der Waals surface area contributed by atoms with Crippen LogP contribution >= 0.6 is 34.0 Å². The highest BCUT2D eigenvalue weighted by Gasteiger charge is 2.32. The van der Waals surface area contributed by atoms with Crippen LogP contribution < -0.4 is 0 Å². The second kappa shape index (κ2) is 6.91. The lowest BCUT2D eigenvalue weighted by atomic mass is 9.99. The van der Waals surface area contributed by atoms with E-state index in [1.807, 2.05) is 35.7 Å². The van der Waals surface area contributed by atoms with Gasteiger partial charge in [-0.25, -0.2) is 4.98 Å². The van der Waals surface area contributed by atoms with Crippen LogP contribution in [0.15, 0.2) is 59.0 Å². The Balaban J connectivity index is 1.63. The number of carbonyl (C=O) groups excluding carboxylic acids is 1. The fourth-order valence-corrected chi connectivity index (χ4v) is 6.28. The fraction of sp³-hybridized carbons (Fsp3) is 0. The number of ketones is 1. The number of aromatic nitrogens is 1. The van der Waals surface area contributed by atoms with E-state index in [0.29, 0.717) is 22.3 Å². The average molecular weight is 428 g/mol. The molecule has 7 heteroatoms. The summed E-state index contributed by atoms with van der Waals surface area (Å²) in [6.45, 7) is 0. The van der Waals surface area contributed by atoms with Crippen LogP contribution in [0.5, 0.6) is 0 Å². The van der Waals surface area contributed by atoms with Crippen LogP contribution in [0, 0.1) is 22.7 Å². The normalized spacial score (nSPS) is 14.2. The lowest BCUT2D eigenvalue weighted by Gasteiger charge is -2.01. The first-order valence-corrected chi connectivity index (χ1v) is 11.1. The van der Waals surface area contributed by atoms with E-state index in [2.05, 4.69) is 0 Å². The van der Waals surface area contributed by atoms with E-state index in [4.69, 9.17) is 4.98 Å². The van der Waals surface area contributed by atoms with Crippen molar-refractivity contribution in [2.24, 2.45) is 0 Å². The van der Waals surface area contributed by atoms with Gasteiger partial charge in [0, 0.05) is 21.6 Å². The highest BCUT2D eigenvalue weighted by Crippen LogP contribution is 2.42. The first-order chi connectivity index (χ1) is 14.2. The maximum atomic E-state index is 13.0. The first kappa shape index (κ1) is 17.7. The molecule has 136 valence electrons. The standard InChI is InChI=1S/C22H9N3OS3/c23-10-12(11-24)19-14-4-1-2-5-15(14)20(26)16(19)8-13-9-18-22(28-13)25-21(29-18)17-6-3-7-27-17/h1-9H/b16-8-. The van der Waals surface area contributed by atoms with Crippen LogP contribution in [0.2, 0.25) is 0 Å². The van der Waals surface area contributed by atoms with Crippen LogP contribution in [-0.2, 0) is 0 Å². The lowest BCUT2D eigenvalue weighted by molar-refractivity contribution is 0.104. The van der Waals surface area contributed by atoms with Gasteiger partial charge in [-0.05, 0) is 29.2 Å². The Morgan fingerprint density at radius 1 is 1.03 bits per heavy atom. The minimum Gasteiger partial charge on any atom is -0.289 e. The third-order valence-corrected chi connectivity index (χ3v) is 7.70. The zero-order chi connectivity index (χ0) is 20.0. The number of hydrogen-bond donors (Lipinski definition) is 0. The molecule has 0 unspecified atom stereocenters. The van der Waals surface area contributed by atoms with E-state index in [1.54, 1.807) is 53.0 Å². The molecule has 0 saturated heterocycles.